The third-order valence-corrected chi connectivity index (χ3v) is 4.68. The SMILES string of the molecule is CCOC(=O)c1cccc(NC(=O)C2CC(c3ccc(OC)cc3OC)NN2)c1. The van der Waals surface area contributed by atoms with Gasteiger partial charge in [0.05, 0.1) is 32.4 Å². The molecular weight excluding hydrogens is 374 g/mol. The molecule has 1 amide bonds. The summed E-state index contributed by atoms with van der Waals surface area (Å²) >= 11 is 0. The molecule has 29 heavy (non-hydrogen) atoms. The fourth-order valence-corrected chi connectivity index (χ4v) is 3.21. The molecule has 0 saturated carbocycles. The van der Waals surface area contributed by atoms with E-state index >= 15 is 0 Å². The third-order valence-electron chi connectivity index (χ3n) is 4.68. The lowest BCUT2D eigenvalue weighted by Gasteiger charge is -2.15. The first kappa shape index (κ1) is 20.6. The zero-order valence-electron chi connectivity index (χ0n) is 16.7. The van der Waals surface area contributed by atoms with Crippen LogP contribution in [0.3, 0.4) is 0 Å². The minimum atomic E-state index is -0.446. The Morgan fingerprint density at radius 1 is 1.10 bits per heavy atom. The maximum absolute atomic E-state index is 12.7. The molecule has 2 unspecified atom stereocenters. The Labute approximate surface area is 169 Å². The number of hydrazine groups is 1. The zero-order valence-corrected chi connectivity index (χ0v) is 16.7. The van der Waals surface area contributed by atoms with Crippen molar-refractivity contribution in [3.63, 3.8) is 0 Å². The van der Waals surface area contributed by atoms with E-state index in [1.807, 2.05) is 18.2 Å². The quantitative estimate of drug-likeness (QED) is 0.615. The average Bonchev–Trinajstić information content (AvgIpc) is 3.24. The number of hydrogen-bond acceptors (Lipinski definition) is 7. The maximum atomic E-state index is 12.7. The fourth-order valence-electron chi connectivity index (χ4n) is 3.21. The highest BCUT2D eigenvalue weighted by molar-refractivity contribution is 5.97. The molecule has 1 aliphatic heterocycles. The Balaban J connectivity index is 1.66. The number of carbonyl (C=O) groups excluding carboxylic acids is 2. The van der Waals surface area contributed by atoms with E-state index in [4.69, 9.17) is 14.2 Å². The van der Waals surface area contributed by atoms with E-state index in [0.29, 0.717) is 35.8 Å². The van der Waals surface area contributed by atoms with Crippen LogP contribution in [0.5, 0.6) is 11.5 Å². The summed E-state index contributed by atoms with van der Waals surface area (Å²) in [5.41, 5.74) is 8.02. The molecular formula is C21H25N3O5. The molecule has 2 aromatic rings. The Bertz CT molecular complexity index is 886. The van der Waals surface area contributed by atoms with E-state index in [9.17, 15) is 9.59 Å². The van der Waals surface area contributed by atoms with Crippen molar-refractivity contribution in [2.75, 3.05) is 26.1 Å². The highest BCUT2D eigenvalue weighted by Crippen LogP contribution is 2.33. The standard InChI is InChI=1S/C21H25N3O5/c1-4-29-21(26)13-6-5-7-14(10-13)22-20(25)18-12-17(23-24-18)16-9-8-15(27-2)11-19(16)28-3/h5-11,17-18,23-24H,4,12H2,1-3H3,(H,22,25). The van der Waals surface area contributed by atoms with Crippen molar-refractivity contribution in [2.24, 2.45) is 0 Å². The van der Waals surface area contributed by atoms with E-state index in [1.165, 1.54) is 0 Å². The van der Waals surface area contributed by atoms with Crippen LogP contribution < -0.4 is 25.6 Å². The summed E-state index contributed by atoms with van der Waals surface area (Å²) in [7, 11) is 3.20. The predicted molar refractivity (Wildman–Crippen MR) is 108 cm³/mol. The van der Waals surface area contributed by atoms with Gasteiger partial charge in [0, 0.05) is 17.3 Å². The second kappa shape index (κ2) is 9.40. The second-order valence-corrected chi connectivity index (χ2v) is 6.53. The van der Waals surface area contributed by atoms with Crippen LogP contribution >= 0.6 is 0 Å². The summed E-state index contributed by atoms with van der Waals surface area (Å²) in [4.78, 5) is 24.5. The van der Waals surface area contributed by atoms with Gasteiger partial charge in [-0.15, -0.1) is 0 Å². The normalized spacial score (nSPS) is 18.2. The molecule has 1 aliphatic rings. The van der Waals surface area contributed by atoms with Crippen LogP contribution in [0.4, 0.5) is 5.69 Å². The topological polar surface area (TPSA) is 97.9 Å². The molecule has 1 fully saturated rings. The Morgan fingerprint density at radius 3 is 2.66 bits per heavy atom. The van der Waals surface area contributed by atoms with Crippen LogP contribution in [0.1, 0.15) is 35.3 Å². The van der Waals surface area contributed by atoms with Crippen molar-refractivity contribution < 1.29 is 23.8 Å². The number of amides is 1. The van der Waals surface area contributed by atoms with Gasteiger partial charge >= 0.3 is 5.97 Å². The van der Waals surface area contributed by atoms with Gasteiger partial charge in [0.15, 0.2) is 0 Å². The number of benzene rings is 2. The van der Waals surface area contributed by atoms with Crippen LogP contribution in [0.2, 0.25) is 0 Å². The average molecular weight is 399 g/mol. The molecule has 3 rings (SSSR count). The van der Waals surface area contributed by atoms with Crippen LogP contribution in [0.15, 0.2) is 42.5 Å². The van der Waals surface area contributed by atoms with Crippen molar-refractivity contribution in [2.45, 2.75) is 25.4 Å². The van der Waals surface area contributed by atoms with Gasteiger partial charge < -0.3 is 19.5 Å². The number of carbonyl (C=O) groups is 2. The van der Waals surface area contributed by atoms with E-state index in [-0.39, 0.29) is 11.9 Å². The first-order valence-electron chi connectivity index (χ1n) is 9.36. The van der Waals surface area contributed by atoms with Gasteiger partial charge in [-0.2, -0.15) is 0 Å². The minimum Gasteiger partial charge on any atom is -0.497 e. The molecule has 0 aromatic heterocycles. The second-order valence-electron chi connectivity index (χ2n) is 6.53. The summed E-state index contributed by atoms with van der Waals surface area (Å²) in [6.45, 7) is 2.04. The van der Waals surface area contributed by atoms with E-state index in [2.05, 4.69) is 16.2 Å². The van der Waals surface area contributed by atoms with Crippen LogP contribution in [-0.2, 0) is 9.53 Å². The fraction of sp³-hybridized carbons (Fsp3) is 0.333. The maximum Gasteiger partial charge on any atom is 0.338 e. The number of rotatable bonds is 7. The zero-order chi connectivity index (χ0) is 20.8. The van der Waals surface area contributed by atoms with Crippen molar-refractivity contribution in [1.29, 1.82) is 0 Å². The molecule has 154 valence electrons. The Kier molecular flexibility index (Phi) is 6.69. The number of ether oxygens (including phenoxy) is 3. The molecule has 0 bridgehead atoms. The summed E-state index contributed by atoms with van der Waals surface area (Å²) in [5.74, 6) is 0.767. The molecule has 8 nitrogen and oxygen atoms in total. The molecule has 2 aromatic carbocycles. The molecule has 1 heterocycles. The number of methoxy groups -OCH3 is 2. The summed E-state index contributed by atoms with van der Waals surface area (Å²) < 4.78 is 15.7. The summed E-state index contributed by atoms with van der Waals surface area (Å²) in [6, 6.07) is 11.7. The van der Waals surface area contributed by atoms with Gasteiger partial charge in [-0.25, -0.2) is 15.6 Å². The van der Waals surface area contributed by atoms with Crippen LogP contribution in [0.25, 0.3) is 0 Å². The van der Waals surface area contributed by atoms with E-state index in [1.54, 1.807) is 45.4 Å². The largest absolute Gasteiger partial charge is 0.497 e. The molecule has 8 heteroatoms. The number of esters is 1. The minimum absolute atomic E-state index is 0.0996. The summed E-state index contributed by atoms with van der Waals surface area (Å²) in [6.07, 6.45) is 0.534. The van der Waals surface area contributed by atoms with Crippen molar-refractivity contribution >= 4 is 17.6 Å². The molecule has 0 spiro atoms. The molecule has 2 atom stereocenters. The Morgan fingerprint density at radius 2 is 1.93 bits per heavy atom. The van der Waals surface area contributed by atoms with Gasteiger partial charge in [-0.05, 0) is 37.6 Å². The Hall–Kier alpha value is -3.10. The summed E-state index contributed by atoms with van der Waals surface area (Å²) in [5, 5.41) is 2.84. The lowest BCUT2D eigenvalue weighted by molar-refractivity contribution is -0.117. The number of nitrogens with one attached hydrogen (secondary N) is 3. The third kappa shape index (κ3) is 4.85. The van der Waals surface area contributed by atoms with Gasteiger partial charge in [0.25, 0.3) is 0 Å². The van der Waals surface area contributed by atoms with Gasteiger partial charge in [0.2, 0.25) is 5.91 Å². The lowest BCUT2D eigenvalue weighted by Crippen LogP contribution is -2.39. The predicted octanol–water partition coefficient (Wildman–Crippen LogP) is 2.43. The first-order valence-corrected chi connectivity index (χ1v) is 9.36. The van der Waals surface area contributed by atoms with Crippen LogP contribution in [-0.4, -0.2) is 38.7 Å². The first-order chi connectivity index (χ1) is 14.0. The van der Waals surface area contributed by atoms with Gasteiger partial charge in [-0.3, -0.25) is 4.79 Å². The molecule has 1 saturated heterocycles. The van der Waals surface area contributed by atoms with Crippen molar-refractivity contribution in [1.82, 2.24) is 10.9 Å². The lowest BCUT2D eigenvalue weighted by atomic mass is 10.0. The van der Waals surface area contributed by atoms with Crippen LogP contribution in [0, 0.1) is 0 Å². The molecule has 0 radical (unpaired) electrons. The van der Waals surface area contributed by atoms with E-state index < -0.39 is 12.0 Å². The van der Waals surface area contributed by atoms with Gasteiger partial charge in [0.1, 0.15) is 17.5 Å². The molecule has 0 aliphatic carbocycles. The van der Waals surface area contributed by atoms with E-state index in [0.717, 1.165) is 5.56 Å². The van der Waals surface area contributed by atoms with Crippen molar-refractivity contribution in [3.05, 3.63) is 53.6 Å². The highest BCUT2D eigenvalue weighted by atomic mass is 16.5. The smallest absolute Gasteiger partial charge is 0.338 e. The highest BCUT2D eigenvalue weighted by Gasteiger charge is 2.32. The van der Waals surface area contributed by atoms with Gasteiger partial charge in [-0.1, -0.05) is 12.1 Å². The number of hydrogen-bond donors (Lipinski definition) is 3. The van der Waals surface area contributed by atoms with Crippen molar-refractivity contribution in [3.8, 4) is 11.5 Å². The number of anilines is 1. The monoisotopic (exact) mass is 399 g/mol. The molecule has 3 N–H and O–H groups in total.